The molecule has 0 saturated carbocycles. The molecule has 2 aromatic heterocycles. The highest BCUT2D eigenvalue weighted by molar-refractivity contribution is 7.13. The van der Waals surface area contributed by atoms with Crippen LogP contribution >= 0.6 is 11.3 Å². The fourth-order valence-electron chi connectivity index (χ4n) is 2.39. The van der Waals surface area contributed by atoms with E-state index in [9.17, 15) is 0 Å². The lowest BCUT2D eigenvalue weighted by Crippen LogP contribution is -2.40. The first kappa shape index (κ1) is 16.3. The SMILES string of the molecule is CCN(CC[n+]1ccccc1)c1ccc(/N=N/c2nccs2)cc1. The van der Waals surface area contributed by atoms with Crippen LogP contribution in [0.25, 0.3) is 0 Å². The van der Waals surface area contributed by atoms with Crippen molar-refractivity contribution in [2.45, 2.75) is 13.5 Å². The molecule has 0 atom stereocenters. The number of pyridine rings is 1. The highest BCUT2D eigenvalue weighted by Crippen LogP contribution is 2.23. The van der Waals surface area contributed by atoms with Gasteiger partial charge in [-0.2, -0.15) is 0 Å². The summed E-state index contributed by atoms with van der Waals surface area (Å²) in [6, 6.07) is 14.3. The summed E-state index contributed by atoms with van der Waals surface area (Å²) in [6.07, 6.45) is 5.91. The van der Waals surface area contributed by atoms with E-state index in [-0.39, 0.29) is 0 Å². The summed E-state index contributed by atoms with van der Waals surface area (Å²) >= 11 is 1.48. The molecule has 0 radical (unpaired) electrons. The first-order valence-corrected chi connectivity index (χ1v) is 8.83. The van der Waals surface area contributed by atoms with Crippen molar-refractivity contribution in [3.05, 3.63) is 66.4 Å². The molecule has 0 bridgehead atoms. The summed E-state index contributed by atoms with van der Waals surface area (Å²) in [4.78, 5) is 6.44. The summed E-state index contributed by atoms with van der Waals surface area (Å²) in [5.41, 5.74) is 2.03. The fraction of sp³-hybridized carbons (Fsp3) is 0.222. The maximum atomic E-state index is 4.22. The lowest BCUT2D eigenvalue weighted by atomic mass is 10.2. The van der Waals surface area contributed by atoms with Crippen molar-refractivity contribution in [1.29, 1.82) is 0 Å². The third kappa shape index (κ3) is 4.45. The van der Waals surface area contributed by atoms with Crippen molar-refractivity contribution >= 4 is 27.8 Å². The molecule has 1 aromatic carbocycles. The number of rotatable bonds is 7. The Morgan fingerprint density at radius 1 is 1.08 bits per heavy atom. The Hall–Kier alpha value is -2.60. The van der Waals surface area contributed by atoms with Gasteiger partial charge in [0.05, 0.1) is 12.2 Å². The highest BCUT2D eigenvalue weighted by atomic mass is 32.1. The molecule has 0 spiro atoms. The number of anilines is 1. The first-order valence-electron chi connectivity index (χ1n) is 7.95. The van der Waals surface area contributed by atoms with Crippen LogP contribution in [0.2, 0.25) is 0 Å². The molecule has 0 saturated heterocycles. The van der Waals surface area contributed by atoms with Gasteiger partial charge < -0.3 is 4.90 Å². The maximum absolute atomic E-state index is 4.22. The quantitative estimate of drug-likeness (QED) is 0.474. The first-order chi connectivity index (χ1) is 11.8. The molecule has 2 heterocycles. The largest absolute Gasteiger partial charge is 0.365 e. The lowest BCUT2D eigenvalue weighted by molar-refractivity contribution is -0.694. The number of nitrogens with zero attached hydrogens (tertiary/aromatic N) is 5. The van der Waals surface area contributed by atoms with Gasteiger partial charge in [0, 0.05) is 35.9 Å². The number of thiazole rings is 1. The van der Waals surface area contributed by atoms with Crippen LogP contribution < -0.4 is 9.47 Å². The van der Waals surface area contributed by atoms with Crippen LogP contribution in [0, 0.1) is 0 Å². The van der Waals surface area contributed by atoms with Gasteiger partial charge in [-0.1, -0.05) is 6.07 Å². The normalized spacial score (nSPS) is 11.0. The van der Waals surface area contributed by atoms with Crippen molar-refractivity contribution in [1.82, 2.24) is 4.98 Å². The minimum absolute atomic E-state index is 0.675. The molecule has 0 aliphatic rings. The van der Waals surface area contributed by atoms with Crippen LogP contribution in [0.1, 0.15) is 6.92 Å². The van der Waals surface area contributed by atoms with Gasteiger partial charge in [0.25, 0.3) is 0 Å². The van der Waals surface area contributed by atoms with Crippen LogP contribution in [0.3, 0.4) is 0 Å². The fourth-order valence-corrected chi connectivity index (χ4v) is 2.84. The number of hydrogen-bond donors (Lipinski definition) is 0. The van der Waals surface area contributed by atoms with Gasteiger partial charge in [0.1, 0.15) is 0 Å². The molecule has 0 aliphatic heterocycles. The van der Waals surface area contributed by atoms with Crippen molar-refractivity contribution < 1.29 is 4.57 Å². The monoisotopic (exact) mass is 338 g/mol. The van der Waals surface area contributed by atoms with Crippen LogP contribution in [0.5, 0.6) is 0 Å². The van der Waals surface area contributed by atoms with Crippen LogP contribution in [0.4, 0.5) is 16.5 Å². The van der Waals surface area contributed by atoms with E-state index in [4.69, 9.17) is 0 Å². The molecule has 0 amide bonds. The van der Waals surface area contributed by atoms with Gasteiger partial charge in [0.2, 0.25) is 5.13 Å². The van der Waals surface area contributed by atoms with Crippen molar-refractivity contribution in [3.8, 4) is 0 Å². The molecular formula is C18H20N5S+. The van der Waals surface area contributed by atoms with Crippen molar-refractivity contribution in [2.75, 3.05) is 18.0 Å². The third-order valence-electron chi connectivity index (χ3n) is 3.67. The molecule has 3 rings (SSSR count). The number of hydrogen-bond acceptors (Lipinski definition) is 5. The van der Waals surface area contributed by atoms with Crippen LogP contribution in [-0.4, -0.2) is 18.1 Å². The minimum atomic E-state index is 0.675. The van der Waals surface area contributed by atoms with Gasteiger partial charge >= 0.3 is 0 Å². The van der Waals surface area contributed by atoms with Crippen LogP contribution in [-0.2, 0) is 6.54 Å². The second-order valence-corrected chi connectivity index (χ2v) is 6.10. The molecule has 3 aromatic rings. The maximum Gasteiger partial charge on any atom is 0.229 e. The third-order valence-corrected chi connectivity index (χ3v) is 4.33. The number of azo groups is 1. The summed E-state index contributed by atoms with van der Waals surface area (Å²) < 4.78 is 2.19. The zero-order valence-electron chi connectivity index (χ0n) is 13.6. The van der Waals surface area contributed by atoms with E-state index in [2.05, 4.69) is 68.3 Å². The van der Waals surface area contributed by atoms with Crippen molar-refractivity contribution in [3.63, 3.8) is 0 Å². The summed E-state index contributed by atoms with van der Waals surface area (Å²) in [5, 5.41) is 10.9. The average Bonchev–Trinajstić information content (AvgIpc) is 3.16. The molecule has 5 nitrogen and oxygen atoms in total. The Bertz CT molecular complexity index is 754. The van der Waals surface area contributed by atoms with Gasteiger partial charge in [-0.05, 0) is 31.2 Å². The molecule has 0 unspecified atom stereocenters. The number of aromatic nitrogens is 2. The Morgan fingerprint density at radius 3 is 2.54 bits per heavy atom. The second kappa shape index (κ2) is 8.31. The predicted molar refractivity (Wildman–Crippen MR) is 97.3 cm³/mol. The lowest BCUT2D eigenvalue weighted by Gasteiger charge is -2.21. The second-order valence-electron chi connectivity index (χ2n) is 5.22. The minimum Gasteiger partial charge on any atom is -0.365 e. The number of likely N-dealkylation sites (N-methyl/N-ethyl adjacent to an activating group) is 1. The Morgan fingerprint density at radius 2 is 1.88 bits per heavy atom. The zero-order chi connectivity index (χ0) is 16.6. The Labute approximate surface area is 146 Å². The van der Waals surface area contributed by atoms with Crippen molar-refractivity contribution in [2.24, 2.45) is 10.2 Å². The summed E-state index contributed by atoms with van der Waals surface area (Å²) in [6.45, 7) is 5.06. The molecule has 24 heavy (non-hydrogen) atoms. The van der Waals surface area contributed by atoms with Gasteiger partial charge in [-0.25, -0.2) is 9.55 Å². The highest BCUT2D eigenvalue weighted by Gasteiger charge is 2.07. The topological polar surface area (TPSA) is 44.7 Å². The van der Waals surface area contributed by atoms with E-state index in [1.54, 1.807) is 6.20 Å². The molecule has 0 aliphatic carbocycles. The number of benzene rings is 1. The Balaban J connectivity index is 1.62. The van der Waals surface area contributed by atoms with E-state index in [1.807, 2.05) is 23.6 Å². The van der Waals surface area contributed by atoms with Gasteiger partial charge in [-0.15, -0.1) is 21.6 Å². The van der Waals surface area contributed by atoms with E-state index in [0.29, 0.717) is 5.13 Å². The Kier molecular flexibility index (Phi) is 5.63. The molecular weight excluding hydrogens is 318 g/mol. The predicted octanol–water partition coefficient (Wildman–Crippen LogP) is 4.37. The summed E-state index contributed by atoms with van der Waals surface area (Å²) in [7, 11) is 0. The molecule has 122 valence electrons. The summed E-state index contributed by atoms with van der Waals surface area (Å²) in [5.74, 6) is 0. The average molecular weight is 338 g/mol. The van der Waals surface area contributed by atoms with E-state index in [0.717, 1.165) is 25.3 Å². The van der Waals surface area contributed by atoms with Gasteiger partial charge in [0.15, 0.2) is 18.9 Å². The standard InChI is InChI=1S/C18H20N5S/c1-2-23(14-13-22-11-4-3-5-12-22)17-8-6-16(7-9-17)20-21-18-19-10-15-24-18/h3-12,15H,2,13-14H2,1H3/q+1/b21-20+. The molecule has 0 N–H and O–H groups in total. The van der Waals surface area contributed by atoms with E-state index < -0.39 is 0 Å². The van der Waals surface area contributed by atoms with E-state index in [1.165, 1.54) is 17.0 Å². The molecule has 0 fully saturated rings. The van der Waals surface area contributed by atoms with Gasteiger partial charge in [-0.3, -0.25) is 0 Å². The van der Waals surface area contributed by atoms with Crippen LogP contribution in [0.15, 0.2) is 76.7 Å². The van der Waals surface area contributed by atoms with E-state index >= 15 is 0 Å². The smallest absolute Gasteiger partial charge is 0.229 e. The zero-order valence-corrected chi connectivity index (χ0v) is 14.4. The molecule has 6 heteroatoms.